The predicted molar refractivity (Wildman–Crippen MR) is 66.8 cm³/mol. The van der Waals surface area contributed by atoms with Gasteiger partial charge in [-0.05, 0) is 28.5 Å². The second kappa shape index (κ2) is 5.16. The lowest BCUT2D eigenvalue weighted by Gasteiger charge is -2.05. The molecule has 0 amide bonds. The Bertz CT molecular complexity index is 528. The van der Waals surface area contributed by atoms with Crippen molar-refractivity contribution in [2.45, 2.75) is 6.61 Å². The van der Waals surface area contributed by atoms with Crippen molar-refractivity contribution in [3.8, 4) is 5.75 Å². The van der Waals surface area contributed by atoms with Crippen LogP contribution in [0.4, 0.5) is 5.69 Å². The molecule has 17 heavy (non-hydrogen) atoms. The predicted octanol–water partition coefficient (Wildman–Crippen LogP) is 3.89. The maximum atomic E-state index is 10.8. The van der Waals surface area contributed by atoms with Crippen LogP contribution in [0, 0.1) is 10.1 Å². The fraction of sp³-hybridized carbons (Fsp3) is 0.0909. The summed E-state index contributed by atoms with van der Waals surface area (Å²) < 4.78 is 5.40. The number of benzene rings is 1. The summed E-state index contributed by atoms with van der Waals surface area (Å²) in [5.41, 5.74) is 0.897. The number of thiophene rings is 1. The summed E-state index contributed by atoms with van der Waals surface area (Å²) in [6, 6.07) is 6.16. The summed E-state index contributed by atoms with van der Waals surface area (Å²) in [5, 5.41) is 15.0. The highest BCUT2D eigenvalue weighted by Gasteiger charge is 2.15. The fourth-order valence-corrected chi connectivity index (χ4v) is 2.11. The van der Waals surface area contributed by atoms with Crippen molar-refractivity contribution < 1.29 is 9.66 Å². The first-order valence-electron chi connectivity index (χ1n) is 4.74. The molecule has 0 fully saturated rings. The average Bonchev–Trinajstić information content (AvgIpc) is 2.78. The second-order valence-electron chi connectivity index (χ2n) is 3.29. The molecule has 0 N–H and O–H groups in total. The second-order valence-corrected chi connectivity index (χ2v) is 4.51. The average molecular weight is 270 g/mol. The van der Waals surface area contributed by atoms with E-state index in [4.69, 9.17) is 16.3 Å². The summed E-state index contributed by atoms with van der Waals surface area (Å²) in [5.74, 6) is 0.189. The van der Waals surface area contributed by atoms with Gasteiger partial charge in [0.15, 0.2) is 5.75 Å². The third-order valence-corrected chi connectivity index (χ3v) is 3.06. The minimum Gasteiger partial charge on any atom is -0.482 e. The van der Waals surface area contributed by atoms with Gasteiger partial charge in [-0.2, -0.15) is 11.3 Å². The Labute approximate surface area is 107 Å². The molecule has 0 aliphatic rings. The van der Waals surface area contributed by atoms with Crippen LogP contribution in [0.5, 0.6) is 5.75 Å². The van der Waals surface area contributed by atoms with E-state index in [9.17, 15) is 10.1 Å². The zero-order chi connectivity index (χ0) is 12.3. The molecule has 0 saturated carbocycles. The van der Waals surface area contributed by atoms with Crippen LogP contribution < -0.4 is 4.74 Å². The minimum absolute atomic E-state index is 0.0790. The van der Waals surface area contributed by atoms with Gasteiger partial charge < -0.3 is 4.74 Å². The van der Waals surface area contributed by atoms with E-state index in [2.05, 4.69) is 0 Å². The van der Waals surface area contributed by atoms with Crippen molar-refractivity contribution in [2.24, 2.45) is 0 Å². The molecule has 1 heterocycles. The molecule has 0 spiro atoms. The van der Waals surface area contributed by atoms with Gasteiger partial charge >= 0.3 is 5.69 Å². The fourth-order valence-electron chi connectivity index (χ4n) is 1.29. The molecular weight excluding hydrogens is 262 g/mol. The van der Waals surface area contributed by atoms with E-state index in [1.165, 1.54) is 18.2 Å². The molecule has 1 aromatic carbocycles. The third kappa shape index (κ3) is 2.95. The smallest absolute Gasteiger partial charge is 0.311 e. The third-order valence-electron chi connectivity index (χ3n) is 2.09. The van der Waals surface area contributed by atoms with E-state index in [1.807, 2.05) is 16.8 Å². The first-order valence-corrected chi connectivity index (χ1v) is 6.06. The van der Waals surface area contributed by atoms with Gasteiger partial charge in [0, 0.05) is 17.2 Å². The number of hydrogen-bond acceptors (Lipinski definition) is 4. The van der Waals surface area contributed by atoms with E-state index in [1.54, 1.807) is 11.3 Å². The highest BCUT2D eigenvalue weighted by molar-refractivity contribution is 7.07. The molecule has 2 aromatic rings. The molecule has 88 valence electrons. The van der Waals surface area contributed by atoms with E-state index in [0.29, 0.717) is 11.6 Å². The molecular formula is C11H8ClNO3S. The number of halogens is 1. The standard InChI is InChI=1S/C11H8ClNO3S/c12-9-1-2-10(13(14)15)11(5-9)16-6-8-3-4-17-7-8/h1-5,7H,6H2. The lowest BCUT2D eigenvalue weighted by Crippen LogP contribution is -1.98. The summed E-state index contributed by atoms with van der Waals surface area (Å²) in [7, 11) is 0. The van der Waals surface area contributed by atoms with Crippen LogP contribution in [-0.4, -0.2) is 4.92 Å². The molecule has 0 saturated heterocycles. The van der Waals surface area contributed by atoms with Crippen LogP contribution in [0.3, 0.4) is 0 Å². The minimum atomic E-state index is -0.487. The van der Waals surface area contributed by atoms with E-state index >= 15 is 0 Å². The number of hydrogen-bond donors (Lipinski definition) is 0. The Morgan fingerprint density at radius 2 is 2.24 bits per heavy atom. The highest BCUT2D eigenvalue weighted by atomic mass is 35.5. The Morgan fingerprint density at radius 3 is 2.88 bits per heavy atom. The molecule has 0 aliphatic heterocycles. The Hall–Kier alpha value is -1.59. The van der Waals surface area contributed by atoms with Crippen molar-refractivity contribution in [1.82, 2.24) is 0 Å². The normalized spacial score (nSPS) is 10.2. The quantitative estimate of drug-likeness (QED) is 0.625. The molecule has 0 unspecified atom stereocenters. The van der Waals surface area contributed by atoms with Crippen molar-refractivity contribution in [2.75, 3.05) is 0 Å². The summed E-state index contributed by atoms with van der Waals surface area (Å²) in [4.78, 5) is 10.3. The van der Waals surface area contributed by atoms with Crippen LogP contribution in [-0.2, 0) is 6.61 Å². The largest absolute Gasteiger partial charge is 0.482 e. The lowest BCUT2D eigenvalue weighted by molar-refractivity contribution is -0.385. The van der Waals surface area contributed by atoms with Gasteiger partial charge in [0.1, 0.15) is 6.61 Å². The summed E-state index contributed by atoms with van der Waals surface area (Å²) in [6.07, 6.45) is 0. The topological polar surface area (TPSA) is 52.4 Å². The van der Waals surface area contributed by atoms with Crippen LogP contribution in [0.15, 0.2) is 35.0 Å². The van der Waals surface area contributed by atoms with Crippen molar-refractivity contribution >= 4 is 28.6 Å². The van der Waals surface area contributed by atoms with Crippen molar-refractivity contribution in [3.63, 3.8) is 0 Å². The monoisotopic (exact) mass is 269 g/mol. The first kappa shape index (κ1) is 11.9. The Kier molecular flexibility index (Phi) is 3.61. The SMILES string of the molecule is O=[N+]([O-])c1ccc(Cl)cc1OCc1ccsc1. The van der Waals surface area contributed by atoms with Gasteiger partial charge in [-0.3, -0.25) is 10.1 Å². The van der Waals surface area contributed by atoms with Gasteiger partial charge in [0.25, 0.3) is 0 Å². The molecule has 1 aromatic heterocycles. The Morgan fingerprint density at radius 1 is 1.41 bits per heavy atom. The number of rotatable bonds is 4. The zero-order valence-corrected chi connectivity index (χ0v) is 10.2. The van der Waals surface area contributed by atoms with E-state index < -0.39 is 4.92 Å². The summed E-state index contributed by atoms with van der Waals surface area (Å²) >= 11 is 7.33. The maximum Gasteiger partial charge on any atom is 0.311 e. The van der Waals surface area contributed by atoms with Gasteiger partial charge in [0.05, 0.1) is 4.92 Å². The first-order chi connectivity index (χ1) is 8.16. The van der Waals surface area contributed by atoms with Crippen LogP contribution in [0.25, 0.3) is 0 Å². The zero-order valence-electron chi connectivity index (χ0n) is 8.63. The van der Waals surface area contributed by atoms with Crippen LogP contribution in [0.2, 0.25) is 5.02 Å². The van der Waals surface area contributed by atoms with E-state index in [0.717, 1.165) is 5.56 Å². The van der Waals surface area contributed by atoms with Gasteiger partial charge in [-0.1, -0.05) is 11.6 Å². The maximum absolute atomic E-state index is 10.8. The number of nitrogens with zero attached hydrogens (tertiary/aromatic N) is 1. The molecule has 0 atom stereocenters. The molecule has 0 radical (unpaired) electrons. The number of ether oxygens (including phenoxy) is 1. The van der Waals surface area contributed by atoms with Gasteiger partial charge in [0.2, 0.25) is 0 Å². The van der Waals surface area contributed by atoms with Gasteiger partial charge in [-0.15, -0.1) is 0 Å². The molecule has 4 nitrogen and oxygen atoms in total. The molecule has 0 bridgehead atoms. The summed E-state index contributed by atoms with van der Waals surface area (Å²) in [6.45, 7) is 0.296. The molecule has 0 aliphatic carbocycles. The van der Waals surface area contributed by atoms with E-state index in [-0.39, 0.29) is 11.4 Å². The lowest BCUT2D eigenvalue weighted by atomic mass is 10.3. The molecule has 2 rings (SSSR count). The van der Waals surface area contributed by atoms with Crippen LogP contribution >= 0.6 is 22.9 Å². The van der Waals surface area contributed by atoms with Crippen molar-refractivity contribution in [1.29, 1.82) is 0 Å². The highest BCUT2D eigenvalue weighted by Crippen LogP contribution is 2.30. The van der Waals surface area contributed by atoms with Crippen molar-refractivity contribution in [3.05, 3.63) is 55.7 Å². The van der Waals surface area contributed by atoms with Gasteiger partial charge in [-0.25, -0.2) is 0 Å². The number of nitro groups is 1. The Balaban J connectivity index is 2.19. The number of nitro benzene ring substituents is 1. The molecule has 6 heteroatoms. The van der Waals surface area contributed by atoms with Crippen LogP contribution in [0.1, 0.15) is 5.56 Å².